The highest BCUT2D eigenvalue weighted by molar-refractivity contribution is 7.99. The molecule has 0 spiro atoms. The van der Waals surface area contributed by atoms with Gasteiger partial charge in [-0.3, -0.25) is 19.5 Å². The molecule has 0 aliphatic carbocycles. The van der Waals surface area contributed by atoms with Gasteiger partial charge in [-0.1, -0.05) is 17.8 Å². The molecule has 0 aliphatic heterocycles. The zero-order valence-corrected chi connectivity index (χ0v) is 16.7. The molecule has 0 unspecified atom stereocenters. The molecular weight excluding hydrogens is 374 g/mol. The topological polar surface area (TPSA) is 73.2 Å². The average molecular weight is 395 g/mol. The van der Waals surface area contributed by atoms with Gasteiger partial charge in [-0.2, -0.15) is 0 Å². The Balaban J connectivity index is 1.61. The van der Waals surface area contributed by atoms with Gasteiger partial charge in [-0.25, -0.2) is 4.98 Å². The Morgan fingerprint density at radius 3 is 2.54 bits per heavy atom. The van der Waals surface area contributed by atoms with Crippen molar-refractivity contribution in [1.82, 2.24) is 14.9 Å². The number of hydrogen-bond acceptors (Lipinski definition) is 5. The van der Waals surface area contributed by atoms with Crippen molar-refractivity contribution in [3.63, 3.8) is 0 Å². The summed E-state index contributed by atoms with van der Waals surface area (Å²) in [6.45, 7) is 4.12. The number of aryl methyl sites for hydroxylation is 2. The second-order valence-electron chi connectivity index (χ2n) is 6.24. The Morgan fingerprint density at radius 1 is 1.11 bits per heavy atom. The van der Waals surface area contributed by atoms with Gasteiger partial charge < -0.3 is 4.74 Å². The van der Waals surface area contributed by atoms with Gasteiger partial charge in [0.15, 0.2) is 5.16 Å². The first-order valence-corrected chi connectivity index (χ1v) is 9.68. The molecule has 0 radical (unpaired) electrons. The van der Waals surface area contributed by atoms with Crippen molar-refractivity contribution in [1.29, 1.82) is 0 Å². The van der Waals surface area contributed by atoms with Crippen molar-refractivity contribution in [3.8, 4) is 11.4 Å². The first-order chi connectivity index (χ1) is 13.5. The van der Waals surface area contributed by atoms with Gasteiger partial charge >= 0.3 is 0 Å². The lowest BCUT2D eigenvalue weighted by atomic mass is 10.1. The molecule has 0 saturated carbocycles. The van der Waals surface area contributed by atoms with Gasteiger partial charge in [-0.15, -0.1) is 0 Å². The highest BCUT2D eigenvalue weighted by atomic mass is 32.2. The molecule has 28 heavy (non-hydrogen) atoms. The fraction of sp³-hybridized carbons (Fsp3) is 0.190. The molecule has 1 N–H and O–H groups in total. The summed E-state index contributed by atoms with van der Waals surface area (Å²) in [4.78, 5) is 28.7. The van der Waals surface area contributed by atoms with Crippen molar-refractivity contribution in [2.24, 2.45) is 0 Å². The number of rotatable bonds is 6. The van der Waals surface area contributed by atoms with E-state index in [9.17, 15) is 9.59 Å². The lowest BCUT2D eigenvalue weighted by Crippen LogP contribution is -2.31. The van der Waals surface area contributed by atoms with Crippen LogP contribution in [0.15, 0.2) is 60.0 Å². The Morgan fingerprint density at radius 2 is 1.86 bits per heavy atom. The number of benzene rings is 2. The van der Waals surface area contributed by atoms with E-state index in [1.54, 1.807) is 37.6 Å². The monoisotopic (exact) mass is 395 g/mol. The number of carbonyl (C=O) groups excluding carboxylic acids is 2. The van der Waals surface area contributed by atoms with Crippen LogP contribution in [0.4, 0.5) is 0 Å². The molecule has 3 aromatic rings. The predicted octanol–water partition coefficient (Wildman–Crippen LogP) is 3.55. The van der Waals surface area contributed by atoms with Crippen molar-refractivity contribution >= 4 is 23.6 Å². The van der Waals surface area contributed by atoms with Crippen LogP contribution in [0, 0.1) is 13.8 Å². The average Bonchev–Trinajstić information content (AvgIpc) is 3.17. The fourth-order valence-corrected chi connectivity index (χ4v) is 3.35. The molecule has 7 heteroatoms. The number of methoxy groups -OCH3 is 1. The number of carbonyl (C=O) groups is 2. The van der Waals surface area contributed by atoms with Gasteiger partial charge in [0, 0.05) is 23.6 Å². The molecule has 6 nitrogen and oxygen atoms in total. The summed E-state index contributed by atoms with van der Waals surface area (Å²) in [5, 5.41) is 3.09. The van der Waals surface area contributed by atoms with Crippen LogP contribution in [0.25, 0.3) is 5.69 Å². The van der Waals surface area contributed by atoms with E-state index in [2.05, 4.69) is 36.3 Å². The van der Waals surface area contributed by atoms with Crippen LogP contribution in [-0.2, 0) is 4.79 Å². The molecule has 0 bridgehead atoms. The molecule has 0 atom stereocenters. The fourth-order valence-electron chi connectivity index (χ4n) is 2.58. The smallest absolute Gasteiger partial charge is 0.257 e. The molecule has 0 saturated heterocycles. The number of imidazole rings is 1. The van der Waals surface area contributed by atoms with E-state index in [1.165, 1.54) is 22.9 Å². The summed E-state index contributed by atoms with van der Waals surface area (Å²) in [6, 6.07) is 12.7. The van der Waals surface area contributed by atoms with Gasteiger partial charge in [-0.05, 0) is 61.4 Å². The molecule has 0 fully saturated rings. The van der Waals surface area contributed by atoms with Crippen molar-refractivity contribution < 1.29 is 14.3 Å². The van der Waals surface area contributed by atoms with Crippen LogP contribution < -0.4 is 10.1 Å². The highest BCUT2D eigenvalue weighted by Crippen LogP contribution is 2.22. The number of amides is 2. The molecule has 3 rings (SSSR count). The molecule has 144 valence electrons. The van der Waals surface area contributed by atoms with E-state index in [4.69, 9.17) is 4.74 Å². The molecule has 1 heterocycles. The Labute approximate surface area is 167 Å². The van der Waals surface area contributed by atoms with Crippen LogP contribution in [0.5, 0.6) is 5.75 Å². The summed E-state index contributed by atoms with van der Waals surface area (Å²) >= 11 is 1.28. The number of nitrogens with zero attached hydrogens (tertiary/aromatic N) is 2. The summed E-state index contributed by atoms with van der Waals surface area (Å²) in [7, 11) is 1.55. The number of ether oxygens (including phenoxy) is 1. The SMILES string of the molecule is COc1ccc(C(=O)NC(=O)CSc2nccn2-c2ccc(C)c(C)c2)cc1. The Hall–Kier alpha value is -3.06. The Bertz CT molecular complexity index is 996. The van der Waals surface area contributed by atoms with Crippen molar-refractivity contribution in [2.45, 2.75) is 19.0 Å². The maximum atomic E-state index is 12.2. The van der Waals surface area contributed by atoms with Crippen molar-refractivity contribution in [2.75, 3.05) is 12.9 Å². The summed E-state index contributed by atoms with van der Waals surface area (Å²) in [5.41, 5.74) is 3.79. The van der Waals surface area contributed by atoms with Gasteiger partial charge in [0.25, 0.3) is 5.91 Å². The van der Waals surface area contributed by atoms with E-state index in [0.717, 1.165) is 5.69 Å². The van der Waals surface area contributed by atoms with Crippen LogP contribution in [0.1, 0.15) is 21.5 Å². The van der Waals surface area contributed by atoms with E-state index in [1.807, 2.05) is 16.8 Å². The maximum absolute atomic E-state index is 12.2. The first kappa shape index (κ1) is 19.7. The second-order valence-corrected chi connectivity index (χ2v) is 7.19. The molecule has 1 aromatic heterocycles. The lowest BCUT2D eigenvalue weighted by molar-refractivity contribution is -0.117. The molecular formula is C21H21N3O3S. The Kier molecular flexibility index (Phi) is 6.16. The minimum Gasteiger partial charge on any atom is -0.497 e. The molecule has 2 amide bonds. The second kappa shape index (κ2) is 8.75. The quantitative estimate of drug-likeness (QED) is 0.646. The summed E-state index contributed by atoms with van der Waals surface area (Å²) < 4.78 is 6.99. The minimum absolute atomic E-state index is 0.0871. The standard InChI is InChI=1S/C21H21N3O3S/c1-14-4-7-17(12-15(14)2)24-11-10-22-21(24)28-13-19(25)23-20(26)16-5-8-18(27-3)9-6-16/h4-12H,13H2,1-3H3,(H,23,25,26). The van der Waals surface area contributed by atoms with E-state index in [0.29, 0.717) is 16.5 Å². The van der Waals surface area contributed by atoms with E-state index in [-0.39, 0.29) is 11.7 Å². The van der Waals surface area contributed by atoms with Gasteiger partial charge in [0.2, 0.25) is 5.91 Å². The summed E-state index contributed by atoms with van der Waals surface area (Å²) in [5.74, 6) is -0.0770. The zero-order chi connectivity index (χ0) is 20.1. The highest BCUT2D eigenvalue weighted by Gasteiger charge is 2.13. The third-order valence-electron chi connectivity index (χ3n) is 4.31. The molecule has 0 aliphatic rings. The summed E-state index contributed by atoms with van der Waals surface area (Å²) in [6.07, 6.45) is 3.55. The van der Waals surface area contributed by atoms with Crippen LogP contribution in [-0.4, -0.2) is 34.2 Å². The van der Waals surface area contributed by atoms with Gasteiger partial charge in [0.05, 0.1) is 12.9 Å². The number of aromatic nitrogens is 2. The normalized spacial score (nSPS) is 10.5. The lowest BCUT2D eigenvalue weighted by Gasteiger charge is -2.10. The van der Waals surface area contributed by atoms with Crippen LogP contribution in [0.3, 0.4) is 0 Å². The van der Waals surface area contributed by atoms with Gasteiger partial charge in [0.1, 0.15) is 5.75 Å². The number of imide groups is 1. The van der Waals surface area contributed by atoms with E-state index < -0.39 is 5.91 Å². The molecule has 2 aromatic carbocycles. The first-order valence-electron chi connectivity index (χ1n) is 8.70. The van der Waals surface area contributed by atoms with Crippen LogP contribution in [0.2, 0.25) is 0 Å². The predicted molar refractivity (Wildman–Crippen MR) is 109 cm³/mol. The number of hydrogen-bond donors (Lipinski definition) is 1. The third kappa shape index (κ3) is 4.61. The maximum Gasteiger partial charge on any atom is 0.257 e. The number of thioether (sulfide) groups is 1. The van der Waals surface area contributed by atoms with Crippen molar-refractivity contribution in [3.05, 3.63) is 71.5 Å². The largest absolute Gasteiger partial charge is 0.497 e. The van der Waals surface area contributed by atoms with Crippen LogP contribution >= 0.6 is 11.8 Å². The zero-order valence-electron chi connectivity index (χ0n) is 15.9. The third-order valence-corrected chi connectivity index (χ3v) is 5.28. The number of nitrogens with one attached hydrogen (secondary N) is 1. The van der Waals surface area contributed by atoms with E-state index >= 15 is 0 Å². The minimum atomic E-state index is -0.439.